The minimum absolute atomic E-state index is 0.0891. The molecule has 1 rings (SSSR count). The topological polar surface area (TPSA) is 66.5 Å². The third-order valence-corrected chi connectivity index (χ3v) is 4.19. The van der Waals surface area contributed by atoms with Gasteiger partial charge in [0.15, 0.2) is 0 Å². The lowest BCUT2D eigenvalue weighted by atomic mass is 10.4. The molecule has 0 saturated carbocycles. The maximum absolute atomic E-state index is 11.9. The number of hydrogen-bond acceptors (Lipinski definition) is 3. The van der Waals surface area contributed by atoms with E-state index in [0.29, 0.717) is 4.47 Å². The van der Waals surface area contributed by atoms with Crippen LogP contribution < -0.4 is 4.72 Å². The van der Waals surface area contributed by atoms with Gasteiger partial charge >= 0.3 is 0 Å². The molecule has 0 saturated heterocycles. The van der Waals surface area contributed by atoms with Crippen LogP contribution in [0, 0.1) is 0 Å². The second kappa shape index (κ2) is 6.31. The van der Waals surface area contributed by atoms with Gasteiger partial charge in [-0.05, 0) is 18.2 Å². The number of carbonyl (C=O) groups is 1. The van der Waals surface area contributed by atoms with Crippen molar-refractivity contribution < 1.29 is 13.2 Å². The molecule has 100 valence electrons. The van der Waals surface area contributed by atoms with E-state index >= 15 is 0 Å². The minimum Gasteiger partial charge on any atom is -0.349 e. The fourth-order valence-electron chi connectivity index (χ4n) is 1.23. The summed E-state index contributed by atoms with van der Waals surface area (Å²) in [7, 11) is -0.295. The van der Waals surface area contributed by atoms with Crippen molar-refractivity contribution in [3.05, 3.63) is 28.7 Å². The fraction of sp³-hybridized carbons (Fsp3) is 0.364. The Morgan fingerprint density at radius 3 is 2.61 bits per heavy atom. The zero-order chi connectivity index (χ0) is 13.8. The van der Waals surface area contributed by atoms with Gasteiger partial charge in [-0.2, -0.15) is 0 Å². The van der Waals surface area contributed by atoms with E-state index in [1.807, 2.05) is 0 Å². The number of sulfonamides is 1. The van der Waals surface area contributed by atoms with Crippen LogP contribution in [0.15, 0.2) is 33.6 Å². The summed E-state index contributed by atoms with van der Waals surface area (Å²) < 4.78 is 26.8. The van der Waals surface area contributed by atoms with Crippen molar-refractivity contribution in [2.75, 3.05) is 20.6 Å². The van der Waals surface area contributed by atoms with Crippen molar-refractivity contribution in [3.8, 4) is 0 Å². The van der Waals surface area contributed by atoms with E-state index in [9.17, 15) is 13.2 Å². The zero-order valence-corrected chi connectivity index (χ0v) is 12.6. The van der Waals surface area contributed by atoms with Gasteiger partial charge in [0.2, 0.25) is 15.9 Å². The highest BCUT2D eigenvalue weighted by Crippen LogP contribution is 2.15. The first-order chi connectivity index (χ1) is 8.33. The molecule has 18 heavy (non-hydrogen) atoms. The molecule has 7 heteroatoms. The third-order valence-electron chi connectivity index (χ3n) is 2.24. The molecule has 1 aromatic carbocycles. The standard InChI is InChI=1S/C11H15BrN2O3S/c1-14(2)11(15)6-7-13-18(16,17)10-5-3-4-9(12)8-10/h3-5,8,13H,6-7H2,1-2H3. The predicted octanol–water partition coefficient (Wildman–Crippen LogP) is 1.21. The first kappa shape index (κ1) is 15.1. The summed E-state index contributed by atoms with van der Waals surface area (Å²) in [5, 5.41) is 0. The van der Waals surface area contributed by atoms with Crippen LogP contribution in [0.3, 0.4) is 0 Å². The van der Waals surface area contributed by atoms with Gasteiger partial charge in [-0.15, -0.1) is 0 Å². The first-order valence-electron chi connectivity index (χ1n) is 5.28. The van der Waals surface area contributed by atoms with E-state index in [4.69, 9.17) is 0 Å². The van der Waals surface area contributed by atoms with Gasteiger partial charge in [-0.3, -0.25) is 4.79 Å². The third kappa shape index (κ3) is 4.40. The quantitative estimate of drug-likeness (QED) is 0.879. The van der Waals surface area contributed by atoms with E-state index in [0.717, 1.165) is 0 Å². The second-order valence-corrected chi connectivity index (χ2v) is 6.58. The lowest BCUT2D eigenvalue weighted by molar-refractivity contribution is -0.128. The Balaban J connectivity index is 2.64. The molecule has 0 aliphatic rings. The highest BCUT2D eigenvalue weighted by molar-refractivity contribution is 9.10. The highest BCUT2D eigenvalue weighted by Gasteiger charge is 2.14. The molecule has 1 N–H and O–H groups in total. The largest absolute Gasteiger partial charge is 0.349 e. The average molecular weight is 335 g/mol. The monoisotopic (exact) mass is 334 g/mol. The Bertz CT molecular complexity index is 529. The fourth-order valence-corrected chi connectivity index (χ4v) is 2.86. The molecule has 0 aliphatic carbocycles. The molecule has 0 unspecified atom stereocenters. The summed E-state index contributed by atoms with van der Waals surface area (Å²) in [4.78, 5) is 12.9. The van der Waals surface area contributed by atoms with Crippen LogP contribution in [0.25, 0.3) is 0 Å². The van der Waals surface area contributed by atoms with Gasteiger partial charge < -0.3 is 4.90 Å². The lowest BCUT2D eigenvalue weighted by Gasteiger charge is -2.11. The number of nitrogens with one attached hydrogen (secondary N) is 1. The summed E-state index contributed by atoms with van der Waals surface area (Å²) in [6, 6.07) is 6.40. The van der Waals surface area contributed by atoms with Crippen LogP contribution >= 0.6 is 15.9 Å². The van der Waals surface area contributed by atoms with Crippen molar-refractivity contribution in [3.63, 3.8) is 0 Å². The molecule has 0 fully saturated rings. The van der Waals surface area contributed by atoms with Crippen LogP contribution in [-0.2, 0) is 14.8 Å². The molecule has 0 bridgehead atoms. The van der Waals surface area contributed by atoms with E-state index in [-0.39, 0.29) is 23.8 Å². The molecule has 1 amide bonds. The average Bonchev–Trinajstić information content (AvgIpc) is 2.28. The van der Waals surface area contributed by atoms with Crippen LogP contribution in [0.4, 0.5) is 0 Å². The maximum Gasteiger partial charge on any atom is 0.240 e. The number of hydrogen-bond donors (Lipinski definition) is 1. The second-order valence-electron chi connectivity index (χ2n) is 3.89. The van der Waals surface area contributed by atoms with Crippen LogP contribution in [-0.4, -0.2) is 39.9 Å². The molecule has 5 nitrogen and oxygen atoms in total. The van der Waals surface area contributed by atoms with Gasteiger partial charge in [-0.1, -0.05) is 22.0 Å². The van der Waals surface area contributed by atoms with E-state index in [1.54, 1.807) is 26.2 Å². The molecule has 0 radical (unpaired) electrons. The molecular weight excluding hydrogens is 320 g/mol. The number of halogens is 1. The van der Waals surface area contributed by atoms with Crippen LogP contribution in [0.1, 0.15) is 6.42 Å². The Labute approximate surface area is 115 Å². The molecule has 0 heterocycles. The van der Waals surface area contributed by atoms with E-state index in [1.165, 1.54) is 17.0 Å². The molecule has 0 atom stereocenters. The number of amides is 1. The normalized spacial score (nSPS) is 11.3. The van der Waals surface area contributed by atoms with Crippen LogP contribution in [0.5, 0.6) is 0 Å². The van der Waals surface area contributed by atoms with Crippen molar-refractivity contribution >= 4 is 31.9 Å². The Hall–Kier alpha value is -0.920. The molecule has 0 aliphatic heterocycles. The van der Waals surface area contributed by atoms with Gasteiger partial charge in [0.25, 0.3) is 0 Å². The molecule has 0 spiro atoms. The van der Waals surface area contributed by atoms with Gasteiger partial charge in [0.05, 0.1) is 4.90 Å². The van der Waals surface area contributed by atoms with Gasteiger partial charge in [-0.25, -0.2) is 13.1 Å². The van der Waals surface area contributed by atoms with Crippen molar-refractivity contribution in [2.24, 2.45) is 0 Å². The first-order valence-corrected chi connectivity index (χ1v) is 7.56. The number of rotatable bonds is 5. The lowest BCUT2D eigenvalue weighted by Crippen LogP contribution is -2.30. The SMILES string of the molecule is CN(C)C(=O)CCNS(=O)(=O)c1cccc(Br)c1. The molecule has 1 aromatic rings. The van der Waals surface area contributed by atoms with Crippen molar-refractivity contribution in [2.45, 2.75) is 11.3 Å². The maximum atomic E-state index is 11.9. The number of benzene rings is 1. The molecule has 0 aromatic heterocycles. The Morgan fingerprint density at radius 2 is 2.06 bits per heavy atom. The number of carbonyl (C=O) groups excluding carboxylic acids is 1. The minimum atomic E-state index is -3.55. The van der Waals surface area contributed by atoms with Crippen LogP contribution in [0.2, 0.25) is 0 Å². The molecular formula is C11H15BrN2O3S. The number of nitrogens with zero attached hydrogens (tertiary/aromatic N) is 1. The summed E-state index contributed by atoms with van der Waals surface area (Å²) in [5.41, 5.74) is 0. The summed E-state index contributed by atoms with van der Waals surface area (Å²) >= 11 is 3.21. The highest BCUT2D eigenvalue weighted by atomic mass is 79.9. The van der Waals surface area contributed by atoms with E-state index in [2.05, 4.69) is 20.7 Å². The Morgan fingerprint density at radius 1 is 1.39 bits per heavy atom. The van der Waals surface area contributed by atoms with Gasteiger partial charge in [0, 0.05) is 31.5 Å². The van der Waals surface area contributed by atoms with Gasteiger partial charge in [0.1, 0.15) is 0 Å². The Kier molecular flexibility index (Phi) is 5.30. The van der Waals surface area contributed by atoms with E-state index < -0.39 is 10.0 Å². The summed E-state index contributed by atoms with van der Waals surface area (Å²) in [5.74, 6) is -0.119. The smallest absolute Gasteiger partial charge is 0.240 e. The predicted molar refractivity (Wildman–Crippen MR) is 72.6 cm³/mol. The summed E-state index contributed by atoms with van der Waals surface area (Å²) in [6.07, 6.45) is 0.139. The van der Waals surface area contributed by atoms with Crippen molar-refractivity contribution in [1.82, 2.24) is 9.62 Å². The summed E-state index contributed by atoms with van der Waals surface area (Å²) in [6.45, 7) is 0.0891. The van der Waals surface area contributed by atoms with Crippen molar-refractivity contribution in [1.29, 1.82) is 0 Å². The zero-order valence-electron chi connectivity index (χ0n) is 10.2.